The highest BCUT2D eigenvalue weighted by Gasteiger charge is 2.34. The molecule has 0 N–H and O–H groups in total. The summed E-state index contributed by atoms with van der Waals surface area (Å²) >= 11 is 0. The van der Waals surface area contributed by atoms with Gasteiger partial charge in [-0.2, -0.15) is 0 Å². The van der Waals surface area contributed by atoms with Crippen LogP contribution in [0.1, 0.15) is 26.7 Å². The summed E-state index contributed by atoms with van der Waals surface area (Å²) in [6.07, 6.45) is -0.578. The molecule has 0 saturated carbocycles. The van der Waals surface area contributed by atoms with Crippen LogP contribution in [0.4, 0.5) is 25.0 Å². The lowest BCUT2D eigenvalue weighted by Gasteiger charge is -2.24. The third kappa shape index (κ3) is 4.81. The summed E-state index contributed by atoms with van der Waals surface area (Å²) in [6.45, 7) is 3.60. The number of ketones is 1. The van der Waals surface area contributed by atoms with Crippen LogP contribution < -0.4 is 9.80 Å². The first-order chi connectivity index (χ1) is 13.8. The van der Waals surface area contributed by atoms with Crippen LogP contribution in [0.25, 0.3) is 0 Å². The van der Waals surface area contributed by atoms with E-state index in [9.17, 15) is 23.2 Å². The molecule has 3 rings (SSSR count). The van der Waals surface area contributed by atoms with Gasteiger partial charge in [-0.05, 0) is 13.3 Å². The van der Waals surface area contributed by atoms with E-state index >= 15 is 0 Å². The third-order valence-corrected chi connectivity index (χ3v) is 4.85. The first-order valence-corrected chi connectivity index (χ1v) is 9.39. The number of hydrogen-bond acceptors (Lipinski definition) is 6. The van der Waals surface area contributed by atoms with Crippen molar-refractivity contribution < 1.29 is 32.7 Å². The summed E-state index contributed by atoms with van der Waals surface area (Å²) in [5.41, 5.74) is -0.182. The van der Waals surface area contributed by atoms with Gasteiger partial charge in [0.2, 0.25) is 5.91 Å². The Morgan fingerprint density at radius 2 is 1.83 bits per heavy atom. The Kier molecular flexibility index (Phi) is 6.31. The van der Waals surface area contributed by atoms with E-state index in [4.69, 9.17) is 9.57 Å². The first kappa shape index (κ1) is 21.0. The van der Waals surface area contributed by atoms with E-state index in [0.29, 0.717) is 6.42 Å². The SMILES string of the molecule is CC(=O)CC[C@H]1CN(c2cc(F)c(N3CCON(C(C)=O)CC3)c(F)c2)C(=O)O1. The highest BCUT2D eigenvalue weighted by atomic mass is 19.1. The van der Waals surface area contributed by atoms with Crippen LogP contribution in [0.15, 0.2) is 12.1 Å². The topological polar surface area (TPSA) is 79.4 Å². The normalized spacial score (nSPS) is 19.9. The van der Waals surface area contributed by atoms with Crippen LogP contribution in [0.3, 0.4) is 0 Å². The molecule has 2 saturated heterocycles. The van der Waals surface area contributed by atoms with Gasteiger partial charge >= 0.3 is 6.09 Å². The summed E-state index contributed by atoms with van der Waals surface area (Å²) in [6, 6.07) is 2.17. The number of cyclic esters (lactones) is 1. The molecule has 10 heteroatoms. The molecule has 2 aliphatic rings. The third-order valence-electron chi connectivity index (χ3n) is 4.85. The molecule has 2 heterocycles. The summed E-state index contributed by atoms with van der Waals surface area (Å²) < 4.78 is 34.8. The minimum absolute atomic E-state index is 0.0225. The minimum atomic E-state index is -0.823. The molecule has 1 atom stereocenters. The molecule has 0 unspecified atom stereocenters. The molecular weight excluding hydrogens is 388 g/mol. The highest BCUT2D eigenvalue weighted by molar-refractivity contribution is 5.90. The second kappa shape index (κ2) is 8.73. The number of hydrogen-bond donors (Lipinski definition) is 0. The number of carbonyl (C=O) groups excluding carboxylic acids is 3. The molecule has 0 radical (unpaired) electrons. The number of halogens is 2. The summed E-state index contributed by atoms with van der Waals surface area (Å²) in [4.78, 5) is 42.5. The zero-order valence-electron chi connectivity index (χ0n) is 16.3. The molecule has 0 spiro atoms. The van der Waals surface area contributed by atoms with E-state index in [2.05, 4.69) is 0 Å². The summed E-state index contributed by atoms with van der Waals surface area (Å²) in [5.74, 6) is -1.95. The molecular formula is C19H23F2N3O5. The molecule has 1 aromatic rings. The predicted octanol–water partition coefficient (Wildman–Crippen LogP) is 2.26. The Morgan fingerprint density at radius 3 is 2.45 bits per heavy atom. The average molecular weight is 411 g/mol. The van der Waals surface area contributed by atoms with Gasteiger partial charge in [-0.1, -0.05) is 0 Å². The number of ether oxygens (including phenoxy) is 1. The van der Waals surface area contributed by atoms with Crippen molar-refractivity contribution in [1.29, 1.82) is 0 Å². The first-order valence-electron chi connectivity index (χ1n) is 9.39. The lowest BCUT2D eigenvalue weighted by molar-refractivity contribution is -0.179. The van der Waals surface area contributed by atoms with Crippen LogP contribution in [0, 0.1) is 11.6 Å². The fraction of sp³-hybridized carbons (Fsp3) is 0.526. The molecule has 2 fully saturated rings. The Bertz CT molecular complexity index is 796. The molecule has 0 bridgehead atoms. The predicted molar refractivity (Wildman–Crippen MR) is 99.4 cm³/mol. The van der Waals surface area contributed by atoms with Gasteiger partial charge < -0.3 is 14.4 Å². The number of anilines is 2. The molecule has 0 aliphatic carbocycles. The van der Waals surface area contributed by atoms with Gasteiger partial charge in [0.05, 0.1) is 25.4 Å². The van der Waals surface area contributed by atoms with Crippen LogP contribution >= 0.6 is 0 Å². The van der Waals surface area contributed by atoms with E-state index in [-0.39, 0.29) is 62.3 Å². The van der Waals surface area contributed by atoms with Gasteiger partial charge in [0, 0.05) is 38.6 Å². The van der Waals surface area contributed by atoms with E-state index in [1.165, 1.54) is 18.7 Å². The quantitative estimate of drug-likeness (QED) is 0.740. The second-order valence-corrected chi connectivity index (χ2v) is 7.06. The lowest BCUT2D eigenvalue weighted by Crippen LogP contribution is -2.33. The monoisotopic (exact) mass is 411 g/mol. The van der Waals surface area contributed by atoms with Gasteiger partial charge in [-0.25, -0.2) is 18.6 Å². The number of hydroxylamine groups is 2. The minimum Gasteiger partial charge on any atom is -0.444 e. The van der Waals surface area contributed by atoms with Crippen molar-refractivity contribution in [2.75, 3.05) is 42.6 Å². The van der Waals surface area contributed by atoms with Crippen LogP contribution in [0.2, 0.25) is 0 Å². The number of rotatable bonds is 5. The van der Waals surface area contributed by atoms with Gasteiger partial charge in [-0.3, -0.25) is 14.5 Å². The van der Waals surface area contributed by atoms with Gasteiger partial charge in [0.1, 0.15) is 17.6 Å². The number of carbonyl (C=O) groups is 3. The number of amides is 2. The van der Waals surface area contributed by atoms with Crippen molar-refractivity contribution >= 4 is 29.2 Å². The van der Waals surface area contributed by atoms with Crippen LogP contribution in [-0.4, -0.2) is 61.7 Å². The van der Waals surface area contributed by atoms with E-state index < -0.39 is 23.8 Å². The van der Waals surface area contributed by atoms with Crippen molar-refractivity contribution in [3.05, 3.63) is 23.8 Å². The summed E-state index contributed by atoms with van der Waals surface area (Å²) in [7, 11) is 0. The van der Waals surface area contributed by atoms with E-state index in [1.807, 2.05) is 0 Å². The number of nitrogens with zero attached hydrogens (tertiary/aromatic N) is 3. The van der Waals surface area contributed by atoms with Gasteiger partial charge in [-0.15, -0.1) is 0 Å². The molecule has 2 aliphatic heterocycles. The summed E-state index contributed by atoms with van der Waals surface area (Å²) in [5, 5.41) is 1.16. The molecule has 0 aromatic heterocycles. The average Bonchev–Trinajstić information content (AvgIpc) is 2.85. The maximum Gasteiger partial charge on any atom is 0.414 e. The van der Waals surface area contributed by atoms with Crippen molar-refractivity contribution in [3.8, 4) is 0 Å². The molecule has 2 amide bonds. The fourth-order valence-electron chi connectivity index (χ4n) is 3.38. The van der Waals surface area contributed by atoms with E-state index in [1.54, 1.807) is 0 Å². The van der Waals surface area contributed by atoms with Crippen molar-refractivity contribution in [2.45, 2.75) is 32.8 Å². The van der Waals surface area contributed by atoms with Gasteiger partial charge in [0.15, 0.2) is 11.6 Å². The maximum absolute atomic E-state index is 14.8. The number of Topliss-reactive ketones (excluding diaryl/α,β-unsaturated/α-hetero) is 1. The molecule has 1 aromatic carbocycles. The largest absolute Gasteiger partial charge is 0.444 e. The van der Waals surface area contributed by atoms with Crippen LogP contribution in [-0.2, 0) is 19.2 Å². The molecule has 29 heavy (non-hydrogen) atoms. The Hall–Kier alpha value is -2.75. The maximum atomic E-state index is 14.8. The molecule has 8 nitrogen and oxygen atoms in total. The second-order valence-electron chi connectivity index (χ2n) is 7.06. The van der Waals surface area contributed by atoms with Crippen molar-refractivity contribution in [3.63, 3.8) is 0 Å². The zero-order valence-corrected chi connectivity index (χ0v) is 16.3. The smallest absolute Gasteiger partial charge is 0.414 e. The van der Waals surface area contributed by atoms with Gasteiger partial charge in [0.25, 0.3) is 0 Å². The number of benzene rings is 1. The highest BCUT2D eigenvalue weighted by Crippen LogP contribution is 2.31. The van der Waals surface area contributed by atoms with Crippen molar-refractivity contribution in [1.82, 2.24) is 5.06 Å². The lowest BCUT2D eigenvalue weighted by atomic mass is 10.1. The Morgan fingerprint density at radius 1 is 1.14 bits per heavy atom. The standard InChI is InChI=1S/C19H23F2N3O5/c1-12(25)3-4-15-11-23(19(27)29-15)14-9-16(20)18(17(21)10-14)22-5-6-24(13(2)26)28-8-7-22/h9-10,15H,3-8,11H2,1-2H3/t15-/m0/s1. The Balaban J connectivity index is 1.75. The Labute approximate surface area is 166 Å². The zero-order chi connectivity index (χ0) is 21.1. The van der Waals surface area contributed by atoms with Crippen molar-refractivity contribution in [2.24, 2.45) is 0 Å². The van der Waals surface area contributed by atoms with Crippen LogP contribution in [0.5, 0.6) is 0 Å². The fourth-order valence-corrected chi connectivity index (χ4v) is 3.38. The van der Waals surface area contributed by atoms with E-state index in [0.717, 1.165) is 22.1 Å². The molecule has 158 valence electrons.